The summed E-state index contributed by atoms with van der Waals surface area (Å²) in [5, 5.41) is 7.63. The smallest absolute Gasteiger partial charge is 0.131 e. The van der Waals surface area contributed by atoms with E-state index >= 15 is 0 Å². The van der Waals surface area contributed by atoms with Crippen LogP contribution in [0, 0.1) is 5.82 Å². The molecule has 4 heteroatoms. The maximum atomic E-state index is 14.3. The van der Waals surface area contributed by atoms with Crippen LogP contribution in [0.15, 0.2) is 24.4 Å². The van der Waals surface area contributed by atoms with Crippen LogP contribution in [0.25, 0.3) is 11.1 Å². The standard InChI is InChI=1S/C16H22FN3/c1-4-6-16-14(11-20(3)19-16)13-8-7-12(9-15(13)17)10-18-5-2/h7-9,11,18H,4-6,10H2,1-3H3. The molecule has 0 aliphatic carbocycles. The molecule has 0 spiro atoms. The lowest BCUT2D eigenvalue weighted by Gasteiger charge is -2.07. The van der Waals surface area contributed by atoms with Crippen molar-refractivity contribution in [2.75, 3.05) is 6.54 Å². The fraction of sp³-hybridized carbons (Fsp3) is 0.438. The van der Waals surface area contributed by atoms with Crippen LogP contribution in [0.4, 0.5) is 4.39 Å². The van der Waals surface area contributed by atoms with Gasteiger partial charge in [0.2, 0.25) is 0 Å². The van der Waals surface area contributed by atoms with Crippen molar-refractivity contribution in [3.8, 4) is 11.1 Å². The monoisotopic (exact) mass is 275 g/mol. The van der Waals surface area contributed by atoms with Gasteiger partial charge < -0.3 is 5.32 Å². The quantitative estimate of drug-likeness (QED) is 0.876. The molecule has 0 amide bonds. The molecular weight excluding hydrogens is 253 g/mol. The van der Waals surface area contributed by atoms with E-state index in [2.05, 4.69) is 17.3 Å². The van der Waals surface area contributed by atoms with Gasteiger partial charge in [-0.3, -0.25) is 4.68 Å². The van der Waals surface area contributed by atoms with Crippen molar-refractivity contribution in [3.05, 3.63) is 41.5 Å². The maximum Gasteiger partial charge on any atom is 0.131 e. The number of aromatic nitrogens is 2. The predicted octanol–water partition coefficient (Wildman–Crippen LogP) is 3.29. The van der Waals surface area contributed by atoms with Gasteiger partial charge in [0.25, 0.3) is 0 Å². The van der Waals surface area contributed by atoms with E-state index < -0.39 is 0 Å². The van der Waals surface area contributed by atoms with Crippen molar-refractivity contribution in [2.24, 2.45) is 7.05 Å². The van der Waals surface area contributed by atoms with E-state index in [4.69, 9.17) is 0 Å². The van der Waals surface area contributed by atoms with Crippen molar-refractivity contribution < 1.29 is 4.39 Å². The van der Waals surface area contributed by atoms with E-state index in [0.717, 1.165) is 36.2 Å². The Morgan fingerprint density at radius 3 is 2.70 bits per heavy atom. The minimum atomic E-state index is -0.175. The van der Waals surface area contributed by atoms with Crippen LogP contribution >= 0.6 is 0 Å². The summed E-state index contributed by atoms with van der Waals surface area (Å²) in [4.78, 5) is 0. The predicted molar refractivity (Wildman–Crippen MR) is 80.0 cm³/mol. The Labute approximate surface area is 119 Å². The van der Waals surface area contributed by atoms with E-state index in [0.29, 0.717) is 12.1 Å². The highest BCUT2D eigenvalue weighted by Gasteiger charge is 2.13. The lowest BCUT2D eigenvalue weighted by molar-refractivity contribution is 0.625. The van der Waals surface area contributed by atoms with Gasteiger partial charge >= 0.3 is 0 Å². The SMILES string of the molecule is CCCc1nn(C)cc1-c1ccc(CNCC)cc1F. The number of aryl methyl sites for hydroxylation is 2. The van der Waals surface area contributed by atoms with Crippen LogP contribution in [0.2, 0.25) is 0 Å². The van der Waals surface area contributed by atoms with Gasteiger partial charge in [0, 0.05) is 30.9 Å². The van der Waals surface area contributed by atoms with E-state index in [1.165, 1.54) is 0 Å². The lowest BCUT2D eigenvalue weighted by atomic mass is 10.0. The van der Waals surface area contributed by atoms with E-state index in [9.17, 15) is 4.39 Å². The molecule has 0 aliphatic heterocycles. The molecule has 2 aromatic rings. The molecule has 20 heavy (non-hydrogen) atoms. The Morgan fingerprint density at radius 1 is 1.25 bits per heavy atom. The summed E-state index contributed by atoms with van der Waals surface area (Å²) in [7, 11) is 1.88. The van der Waals surface area contributed by atoms with Gasteiger partial charge in [-0.05, 0) is 24.6 Å². The molecule has 0 aliphatic rings. The largest absolute Gasteiger partial charge is 0.313 e. The van der Waals surface area contributed by atoms with Gasteiger partial charge in [-0.1, -0.05) is 32.4 Å². The third kappa shape index (κ3) is 3.25. The molecule has 108 valence electrons. The average Bonchev–Trinajstić information content (AvgIpc) is 2.78. The summed E-state index contributed by atoms with van der Waals surface area (Å²) in [5.41, 5.74) is 3.48. The number of nitrogens with one attached hydrogen (secondary N) is 1. The highest BCUT2D eigenvalue weighted by molar-refractivity contribution is 5.66. The molecule has 0 saturated heterocycles. The zero-order valence-corrected chi connectivity index (χ0v) is 12.4. The van der Waals surface area contributed by atoms with Crippen molar-refractivity contribution in [1.82, 2.24) is 15.1 Å². The van der Waals surface area contributed by atoms with Gasteiger partial charge in [-0.25, -0.2) is 4.39 Å². The van der Waals surface area contributed by atoms with Gasteiger partial charge in [-0.2, -0.15) is 5.10 Å². The van der Waals surface area contributed by atoms with E-state index in [-0.39, 0.29) is 5.82 Å². The Bertz CT molecular complexity index is 575. The van der Waals surface area contributed by atoms with Gasteiger partial charge in [0.1, 0.15) is 5.82 Å². The van der Waals surface area contributed by atoms with Crippen molar-refractivity contribution >= 4 is 0 Å². The Kier molecular flexibility index (Phi) is 4.90. The summed E-state index contributed by atoms with van der Waals surface area (Å²) in [5.74, 6) is -0.175. The molecular formula is C16H22FN3. The molecule has 1 aromatic heterocycles. The summed E-state index contributed by atoms with van der Waals surface area (Å²) in [6.45, 7) is 5.72. The third-order valence-electron chi connectivity index (χ3n) is 3.29. The molecule has 0 atom stereocenters. The second kappa shape index (κ2) is 6.66. The van der Waals surface area contributed by atoms with E-state index in [1.807, 2.05) is 32.3 Å². The Balaban J connectivity index is 2.33. The molecule has 1 N–H and O–H groups in total. The average molecular weight is 275 g/mol. The number of benzene rings is 1. The first-order chi connectivity index (χ1) is 9.65. The van der Waals surface area contributed by atoms with Gasteiger partial charge in [0.15, 0.2) is 0 Å². The molecule has 3 nitrogen and oxygen atoms in total. The molecule has 0 unspecified atom stereocenters. The fourth-order valence-corrected chi connectivity index (χ4v) is 2.34. The summed E-state index contributed by atoms with van der Waals surface area (Å²) < 4.78 is 16.1. The number of rotatable bonds is 6. The summed E-state index contributed by atoms with van der Waals surface area (Å²) in [6, 6.07) is 5.45. The second-order valence-electron chi connectivity index (χ2n) is 5.01. The van der Waals surface area contributed by atoms with Crippen molar-refractivity contribution in [3.63, 3.8) is 0 Å². The highest BCUT2D eigenvalue weighted by Crippen LogP contribution is 2.27. The van der Waals surface area contributed by atoms with Crippen LogP contribution in [0.1, 0.15) is 31.5 Å². The fourth-order valence-electron chi connectivity index (χ4n) is 2.34. The molecule has 1 aromatic carbocycles. The first kappa shape index (κ1) is 14.7. The van der Waals surface area contributed by atoms with Crippen LogP contribution in [-0.4, -0.2) is 16.3 Å². The summed E-state index contributed by atoms with van der Waals surface area (Å²) >= 11 is 0. The number of nitrogens with zero attached hydrogens (tertiary/aromatic N) is 2. The number of hydrogen-bond acceptors (Lipinski definition) is 2. The first-order valence-corrected chi connectivity index (χ1v) is 7.17. The lowest BCUT2D eigenvalue weighted by Crippen LogP contribution is -2.11. The Hall–Kier alpha value is -1.68. The van der Waals surface area contributed by atoms with Crippen molar-refractivity contribution in [1.29, 1.82) is 0 Å². The topological polar surface area (TPSA) is 29.9 Å². The minimum absolute atomic E-state index is 0.175. The van der Waals surface area contributed by atoms with Crippen LogP contribution in [0.5, 0.6) is 0 Å². The minimum Gasteiger partial charge on any atom is -0.313 e. The molecule has 0 bridgehead atoms. The molecule has 2 rings (SSSR count). The molecule has 0 radical (unpaired) electrons. The normalized spacial score (nSPS) is 11.0. The van der Waals surface area contributed by atoms with Gasteiger partial charge in [0.05, 0.1) is 5.69 Å². The number of halogens is 1. The maximum absolute atomic E-state index is 14.3. The van der Waals surface area contributed by atoms with Crippen LogP contribution in [0.3, 0.4) is 0 Å². The van der Waals surface area contributed by atoms with Crippen LogP contribution < -0.4 is 5.32 Å². The molecule has 1 heterocycles. The molecule has 0 fully saturated rings. The van der Waals surface area contributed by atoms with Crippen molar-refractivity contribution in [2.45, 2.75) is 33.2 Å². The molecule has 0 saturated carbocycles. The zero-order valence-electron chi connectivity index (χ0n) is 12.4. The van der Waals surface area contributed by atoms with Crippen LogP contribution in [-0.2, 0) is 20.0 Å². The Morgan fingerprint density at radius 2 is 2.05 bits per heavy atom. The highest BCUT2D eigenvalue weighted by atomic mass is 19.1. The number of hydrogen-bond donors (Lipinski definition) is 1. The van der Waals surface area contributed by atoms with Gasteiger partial charge in [-0.15, -0.1) is 0 Å². The third-order valence-corrected chi connectivity index (χ3v) is 3.29. The second-order valence-corrected chi connectivity index (χ2v) is 5.01. The first-order valence-electron chi connectivity index (χ1n) is 7.17. The van der Waals surface area contributed by atoms with E-state index in [1.54, 1.807) is 10.7 Å². The zero-order chi connectivity index (χ0) is 14.5. The summed E-state index contributed by atoms with van der Waals surface area (Å²) in [6.07, 6.45) is 3.77.